The Hall–Kier alpha value is -1.49. The van der Waals surface area contributed by atoms with Crippen LogP contribution in [0.3, 0.4) is 0 Å². The Bertz CT molecular complexity index is 560. The normalized spacial score (nSPS) is 12.2. The lowest BCUT2D eigenvalue weighted by Crippen LogP contribution is -2.11. The molecular formula is C13H13BrFN3. The topological polar surface area (TPSA) is 37.8 Å². The Balaban J connectivity index is 2.21. The molecule has 5 heteroatoms. The first-order valence-corrected chi connectivity index (χ1v) is 6.36. The fourth-order valence-electron chi connectivity index (χ4n) is 1.75. The molecule has 1 atom stereocenters. The van der Waals surface area contributed by atoms with Crippen LogP contribution >= 0.6 is 15.9 Å². The molecule has 1 aromatic heterocycles. The van der Waals surface area contributed by atoms with Crippen molar-refractivity contribution in [3.8, 4) is 0 Å². The second-order valence-electron chi connectivity index (χ2n) is 4.02. The lowest BCUT2D eigenvalue weighted by atomic mass is 10.1. The van der Waals surface area contributed by atoms with E-state index in [0.717, 1.165) is 11.4 Å². The molecule has 0 spiro atoms. The summed E-state index contributed by atoms with van der Waals surface area (Å²) in [5, 5.41) is 3.10. The van der Waals surface area contributed by atoms with E-state index < -0.39 is 0 Å². The maximum Gasteiger partial charge on any atom is 0.147 e. The van der Waals surface area contributed by atoms with Crippen LogP contribution in [0.5, 0.6) is 0 Å². The molecule has 0 aliphatic heterocycles. The van der Waals surface area contributed by atoms with Crippen molar-refractivity contribution in [3.05, 3.63) is 52.3 Å². The van der Waals surface area contributed by atoms with Gasteiger partial charge in [0.2, 0.25) is 0 Å². The molecule has 0 aliphatic carbocycles. The van der Waals surface area contributed by atoms with Gasteiger partial charge in [-0.15, -0.1) is 0 Å². The zero-order valence-electron chi connectivity index (χ0n) is 10.1. The molecule has 0 saturated heterocycles. The second kappa shape index (κ2) is 5.44. The highest BCUT2D eigenvalue weighted by molar-refractivity contribution is 9.10. The average molecular weight is 310 g/mol. The first-order chi connectivity index (χ1) is 8.58. The molecule has 0 radical (unpaired) electrons. The van der Waals surface area contributed by atoms with Crippen molar-refractivity contribution >= 4 is 21.6 Å². The van der Waals surface area contributed by atoms with E-state index in [1.807, 2.05) is 13.8 Å². The predicted octanol–water partition coefficient (Wildman–Crippen LogP) is 3.86. The van der Waals surface area contributed by atoms with E-state index in [9.17, 15) is 4.39 Å². The number of hydrogen-bond acceptors (Lipinski definition) is 3. The van der Waals surface area contributed by atoms with Crippen LogP contribution in [-0.4, -0.2) is 9.97 Å². The number of nitrogens with zero attached hydrogens (tertiary/aromatic N) is 2. The third-order valence-electron chi connectivity index (χ3n) is 2.63. The third kappa shape index (κ3) is 2.85. The quantitative estimate of drug-likeness (QED) is 0.935. The second-order valence-corrected chi connectivity index (χ2v) is 4.93. The summed E-state index contributed by atoms with van der Waals surface area (Å²) in [6, 6.07) is 4.82. The van der Waals surface area contributed by atoms with Crippen LogP contribution in [-0.2, 0) is 0 Å². The molecule has 0 amide bonds. The number of anilines is 1. The summed E-state index contributed by atoms with van der Waals surface area (Å²) < 4.78 is 14.4. The summed E-state index contributed by atoms with van der Waals surface area (Å²) in [6.07, 6.45) is 3.28. The minimum Gasteiger partial charge on any atom is -0.375 e. The van der Waals surface area contributed by atoms with Crippen LogP contribution in [0.15, 0.2) is 35.1 Å². The number of hydrogen-bond donors (Lipinski definition) is 1. The minimum absolute atomic E-state index is 0.102. The summed E-state index contributed by atoms with van der Waals surface area (Å²) >= 11 is 3.23. The largest absolute Gasteiger partial charge is 0.375 e. The van der Waals surface area contributed by atoms with Crippen molar-refractivity contribution in [3.63, 3.8) is 0 Å². The molecule has 1 unspecified atom stereocenters. The zero-order valence-corrected chi connectivity index (χ0v) is 11.7. The number of nitrogens with one attached hydrogen (secondary N) is 1. The van der Waals surface area contributed by atoms with Gasteiger partial charge in [0.1, 0.15) is 5.82 Å². The summed E-state index contributed by atoms with van der Waals surface area (Å²) in [4.78, 5) is 8.44. The fourth-order valence-corrected chi connectivity index (χ4v) is 2.08. The molecule has 3 nitrogen and oxygen atoms in total. The number of halogens is 2. The van der Waals surface area contributed by atoms with E-state index in [2.05, 4.69) is 31.2 Å². The van der Waals surface area contributed by atoms with Crippen molar-refractivity contribution in [1.29, 1.82) is 0 Å². The monoisotopic (exact) mass is 309 g/mol. The molecule has 94 valence electrons. The molecule has 1 aromatic carbocycles. The lowest BCUT2D eigenvalue weighted by molar-refractivity contribution is 0.625. The highest BCUT2D eigenvalue weighted by Crippen LogP contribution is 2.24. The van der Waals surface area contributed by atoms with E-state index in [0.29, 0.717) is 10.2 Å². The van der Waals surface area contributed by atoms with Crippen LogP contribution in [0.25, 0.3) is 0 Å². The van der Waals surface area contributed by atoms with Crippen molar-refractivity contribution < 1.29 is 4.39 Å². The van der Waals surface area contributed by atoms with Crippen molar-refractivity contribution in [2.45, 2.75) is 19.9 Å². The Kier molecular flexibility index (Phi) is 3.91. The van der Waals surface area contributed by atoms with Gasteiger partial charge in [0.15, 0.2) is 0 Å². The third-order valence-corrected chi connectivity index (χ3v) is 3.13. The molecule has 1 N–H and O–H groups in total. The number of benzene rings is 1. The summed E-state index contributed by atoms with van der Waals surface area (Å²) in [6.45, 7) is 3.82. The van der Waals surface area contributed by atoms with Crippen LogP contribution in [0.4, 0.5) is 10.1 Å². The highest BCUT2D eigenvalue weighted by atomic mass is 79.9. The summed E-state index contributed by atoms with van der Waals surface area (Å²) in [5.74, 6) is -0.294. The van der Waals surface area contributed by atoms with Crippen molar-refractivity contribution in [2.24, 2.45) is 0 Å². The molecule has 2 aromatic rings. The predicted molar refractivity (Wildman–Crippen MR) is 72.9 cm³/mol. The van der Waals surface area contributed by atoms with Gasteiger partial charge in [0.25, 0.3) is 0 Å². The smallest absolute Gasteiger partial charge is 0.147 e. The van der Waals surface area contributed by atoms with Gasteiger partial charge >= 0.3 is 0 Å². The number of aryl methyl sites for hydroxylation is 1. The molecule has 0 bridgehead atoms. The Morgan fingerprint density at radius 3 is 2.67 bits per heavy atom. The SMILES string of the molecule is Cc1nccnc1C(C)Nc1ccc(Br)cc1F. The van der Waals surface area contributed by atoms with Gasteiger partial charge in [0, 0.05) is 16.9 Å². The van der Waals surface area contributed by atoms with E-state index in [1.54, 1.807) is 24.5 Å². The number of rotatable bonds is 3. The van der Waals surface area contributed by atoms with Crippen molar-refractivity contribution in [2.75, 3.05) is 5.32 Å². The molecule has 0 fully saturated rings. The van der Waals surface area contributed by atoms with Gasteiger partial charge in [-0.1, -0.05) is 15.9 Å². The first kappa shape index (κ1) is 13.0. The molecular weight excluding hydrogens is 297 g/mol. The van der Waals surface area contributed by atoms with Crippen LogP contribution in [0.1, 0.15) is 24.4 Å². The standard InChI is InChI=1S/C13H13BrFN3/c1-8-13(17-6-5-16-8)9(2)18-12-4-3-10(14)7-11(12)15/h3-7,9,18H,1-2H3. The molecule has 2 rings (SSSR count). The first-order valence-electron chi connectivity index (χ1n) is 5.57. The average Bonchev–Trinajstić information content (AvgIpc) is 2.33. The van der Waals surface area contributed by atoms with Gasteiger partial charge in [-0.25, -0.2) is 4.39 Å². The summed E-state index contributed by atoms with van der Waals surface area (Å²) in [7, 11) is 0. The van der Waals surface area contributed by atoms with Gasteiger partial charge in [-0.05, 0) is 32.0 Å². The highest BCUT2D eigenvalue weighted by Gasteiger charge is 2.12. The molecule has 0 aliphatic rings. The van der Waals surface area contributed by atoms with Gasteiger partial charge < -0.3 is 5.32 Å². The fraction of sp³-hybridized carbons (Fsp3) is 0.231. The van der Waals surface area contributed by atoms with Crippen LogP contribution < -0.4 is 5.32 Å². The van der Waals surface area contributed by atoms with Crippen molar-refractivity contribution in [1.82, 2.24) is 9.97 Å². The van der Waals surface area contributed by atoms with Gasteiger partial charge in [-0.3, -0.25) is 9.97 Å². The van der Waals surface area contributed by atoms with Crippen LogP contribution in [0, 0.1) is 12.7 Å². The molecule has 0 saturated carbocycles. The Labute approximate surface area is 114 Å². The Morgan fingerprint density at radius 1 is 1.28 bits per heavy atom. The van der Waals surface area contributed by atoms with E-state index in [-0.39, 0.29) is 11.9 Å². The molecule has 18 heavy (non-hydrogen) atoms. The van der Waals surface area contributed by atoms with E-state index in [1.165, 1.54) is 6.07 Å². The van der Waals surface area contributed by atoms with Gasteiger partial charge in [0.05, 0.1) is 23.1 Å². The maximum atomic E-state index is 13.7. The minimum atomic E-state index is -0.294. The van der Waals surface area contributed by atoms with E-state index >= 15 is 0 Å². The Morgan fingerprint density at radius 2 is 2.00 bits per heavy atom. The van der Waals surface area contributed by atoms with Gasteiger partial charge in [-0.2, -0.15) is 0 Å². The van der Waals surface area contributed by atoms with Crippen LogP contribution in [0.2, 0.25) is 0 Å². The molecule has 1 heterocycles. The number of aromatic nitrogens is 2. The maximum absolute atomic E-state index is 13.7. The summed E-state index contributed by atoms with van der Waals surface area (Å²) in [5.41, 5.74) is 2.12. The lowest BCUT2D eigenvalue weighted by Gasteiger charge is -2.16. The zero-order chi connectivity index (χ0) is 13.1. The van der Waals surface area contributed by atoms with E-state index in [4.69, 9.17) is 0 Å².